The summed E-state index contributed by atoms with van der Waals surface area (Å²) >= 11 is 0. The molecule has 1 aromatic rings. The van der Waals surface area contributed by atoms with E-state index in [1.807, 2.05) is 6.92 Å². The Kier molecular flexibility index (Phi) is 5.92. The molecular formula is C13H20N4O3. The van der Waals surface area contributed by atoms with E-state index in [0.717, 1.165) is 0 Å². The molecule has 1 aromatic heterocycles. The normalized spacial score (nSPS) is 13.3. The molecule has 1 unspecified atom stereocenters. The zero-order valence-electron chi connectivity index (χ0n) is 11.6. The molecule has 0 aliphatic carbocycles. The number of amides is 1. The summed E-state index contributed by atoms with van der Waals surface area (Å²) in [5.74, 6) is -0.820. The molecule has 0 aromatic carbocycles. The van der Waals surface area contributed by atoms with Crippen LogP contribution in [0.5, 0.6) is 0 Å². The standard InChI is InChI=1S/C13H20N4O3/c1-3-7-13(2,12(19)20)15-9-11(18)17-16-10-6-4-5-8-14-10/h4-6,8,15H,3,7,9H2,1-2H3,(H,14,16)(H,17,18)(H,19,20). The van der Waals surface area contributed by atoms with E-state index in [-0.39, 0.29) is 12.5 Å². The molecule has 0 saturated heterocycles. The zero-order valence-corrected chi connectivity index (χ0v) is 11.6. The van der Waals surface area contributed by atoms with Gasteiger partial charge in [0.25, 0.3) is 5.91 Å². The van der Waals surface area contributed by atoms with Crippen LogP contribution in [-0.4, -0.2) is 34.1 Å². The first-order valence-electron chi connectivity index (χ1n) is 6.42. The fourth-order valence-electron chi connectivity index (χ4n) is 1.66. The Labute approximate surface area is 117 Å². The predicted octanol–water partition coefficient (Wildman–Crippen LogP) is 0.758. The Morgan fingerprint density at radius 2 is 2.15 bits per heavy atom. The average Bonchev–Trinajstić information content (AvgIpc) is 2.44. The molecule has 0 aliphatic heterocycles. The highest BCUT2D eigenvalue weighted by Crippen LogP contribution is 2.11. The van der Waals surface area contributed by atoms with Gasteiger partial charge in [0, 0.05) is 6.20 Å². The van der Waals surface area contributed by atoms with Crippen LogP contribution in [0.15, 0.2) is 24.4 Å². The van der Waals surface area contributed by atoms with E-state index in [9.17, 15) is 9.59 Å². The third-order valence-corrected chi connectivity index (χ3v) is 2.86. The SMILES string of the molecule is CCCC(C)(NCC(=O)NNc1ccccn1)C(=O)O. The van der Waals surface area contributed by atoms with Gasteiger partial charge in [-0.1, -0.05) is 19.4 Å². The van der Waals surface area contributed by atoms with Gasteiger partial charge >= 0.3 is 5.97 Å². The van der Waals surface area contributed by atoms with E-state index in [1.165, 1.54) is 0 Å². The van der Waals surface area contributed by atoms with Crippen LogP contribution in [-0.2, 0) is 9.59 Å². The first kappa shape index (κ1) is 15.9. The van der Waals surface area contributed by atoms with Crippen LogP contribution in [0.1, 0.15) is 26.7 Å². The van der Waals surface area contributed by atoms with E-state index < -0.39 is 11.5 Å². The number of hydrazine groups is 1. The molecule has 7 heteroatoms. The summed E-state index contributed by atoms with van der Waals surface area (Å²) in [6.07, 6.45) is 2.75. The monoisotopic (exact) mass is 280 g/mol. The Balaban J connectivity index is 2.40. The van der Waals surface area contributed by atoms with Crippen molar-refractivity contribution >= 4 is 17.7 Å². The number of carboxylic acid groups (broad SMARTS) is 1. The van der Waals surface area contributed by atoms with Crippen LogP contribution < -0.4 is 16.2 Å². The minimum atomic E-state index is -1.10. The van der Waals surface area contributed by atoms with Crippen LogP contribution >= 0.6 is 0 Å². The quantitative estimate of drug-likeness (QED) is 0.524. The lowest BCUT2D eigenvalue weighted by molar-refractivity contribution is -0.144. The highest BCUT2D eigenvalue weighted by molar-refractivity contribution is 5.82. The lowest BCUT2D eigenvalue weighted by Crippen LogP contribution is -2.53. The summed E-state index contributed by atoms with van der Waals surface area (Å²) in [5.41, 5.74) is 3.99. The summed E-state index contributed by atoms with van der Waals surface area (Å²) in [7, 11) is 0. The van der Waals surface area contributed by atoms with E-state index in [2.05, 4.69) is 21.2 Å². The van der Waals surface area contributed by atoms with Gasteiger partial charge in [-0.2, -0.15) is 0 Å². The van der Waals surface area contributed by atoms with Crippen LogP contribution in [0.2, 0.25) is 0 Å². The molecule has 0 spiro atoms. The topological polar surface area (TPSA) is 103 Å². The molecule has 7 nitrogen and oxygen atoms in total. The number of aromatic nitrogens is 1. The van der Waals surface area contributed by atoms with Crippen molar-refractivity contribution in [2.75, 3.05) is 12.0 Å². The number of aliphatic carboxylic acids is 1. The first-order chi connectivity index (χ1) is 9.48. The number of rotatable bonds is 8. The molecule has 1 amide bonds. The number of nitrogens with zero attached hydrogens (tertiary/aromatic N) is 1. The van der Waals surface area contributed by atoms with Crippen LogP contribution in [0.4, 0.5) is 5.82 Å². The number of nitrogens with one attached hydrogen (secondary N) is 3. The summed E-state index contributed by atoms with van der Waals surface area (Å²) < 4.78 is 0. The predicted molar refractivity (Wildman–Crippen MR) is 75.0 cm³/mol. The summed E-state index contributed by atoms with van der Waals surface area (Å²) in [6.45, 7) is 3.37. The van der Waals surface area contributed by atoms with E-state index in [0.29, 0.717) is 18.7 Å². The molecule has 110 valence electrons. The fourth-order valence-corrected chi connectivity index (χ4v) is 1.66. The van der Waals surface area contributed by atoms with Crippen molar-refractivity contribution in [2.24, 2.45) is 0 Å². The molecule has 1 heterocycles. The average molecular weight is 280 g/mol. The molecule has 4 N–H and O–H groups in total. The maximum Gasteiger partial charge on any atom is 0.323 e. The Morgan fingerprint density at radius 3 is 2.70 bits per heavy atom. The highest BCUT2D eigenvalue weighted by atomic mass is 16.4. The number of hydrogen-bond acceptors (Lipinski definition) is 5. The lowest BCUT2D eigenvalue weighted by Gasteiger charge is -2.25. The van der Waals surface area contributed by atoms with Gasteiger partial charge < -0.3 is 5.11 Å². The number of anilines is 1. The smallest absolute Gasteiger partial charge is 0.323 e. The van der Waals surface area contributed by atoms with Gasteiger partial charge in [0.1, 0.15) is 11.4 Å². The molecule has 20 heavy (non-hydrogen) atoms. The van der Waals surface area contributed by atoms with Gasteiger partial charge in [-0.25, -0.2) is 4.98 Å². The largest absolute Gasteiger partial charge is 0.480 e. The highest BCUT2D eigenvalue weighted by Gasteiger charge is 2.31. The number of carboxylic acids is 1. The van der Waals surface area contributed by atoms with Gasteiger partial charge in [0.05, 0.1) is 6.54 Å². The molecule has 0 aliphatic rings. The van der Waals surface area contributed by atoms with E-state index in [4.69, 9.17) is 5.11 Å². The second-order valence-electron chi connectivity index (χ2n) is 4.63. The van der Waals surface area contributed by atoms with Crippen molar-refractivity contribution in [1.29, 1.82) is 0 Å². The Hall–Kier alpha value is -2.15. The molecule has 1 atom stereocenters. The maximum atomic E-state index is 11.6. The van der Waals surface area contributed by atoms with Crippen molar-refractivity contribution in [3.63, 3.8) is 0 Å². The van der Waals surface area contributed by atoms with Crippen molar-refractivity contribution in [1.82, 2.24) is 15.7 Å². The second kappa shape index (κ2) is 7.44. The van der Waals surface area contributed by atoms with E-state index >= 15 is 0 Å². The first-order valence-corrected chi connectivity index (χ1v) is 6.42. The number of hydrogen-bond donors (Lipinski definition) is 4. The van der Waals surface area contributed by atoms with Crippen molar-refractivity contribution < 1.29 is 14.7 Å². The molecular weight excluding hydrogens is 260 g/mol. The Morgan fingerprint density at radius 1 is 1.40 bits per heavy atom. The van der Waals surface area contributed by atoms with Gasteiger partial charge in [0.2, 0.25) is 0 Å². The molecule has 0 fully saturated rings. The summed E-state index contributed by atoms with van der Waals surface area (Å²) in [5, 5.41) is 11.9. The van der Waals surface area contributed by atoms with Gasteiger partial charge in [-0.15, -0.1) is 0 Å². The second-order valence-corrected chi connectivity index (χ2v) is 4.63. The lowest BCUT2D eigenvalue weighted by atomic mass is 9.96. The fraction of sp³-hybridized carbons (Fsp3) is 0.462. The molecule has 0 bridgehead atoms. The molecule has 1 rings (SSSR count). The van der Waals surface area contributed by atoms with Crippen LogP contribution in [0, 0.1) is 0 Å². The number of pyridine rings is 1. The minimum Gasteiger partial charge on any atom is -0.480 e. The van der Waals surface area contributed by atoms with E-state index in [1.54, 1.807) is 31.3 Å². The molecule has 0 radical (unpaired) electrons. The van der Waals surface area contributed by atoms with Gasteiger partial charge in [-0.05, 0) is 25.5 Å². The van der Waals surface area contributed by atoms with Gasteiger partial charge in [0.15, 0.2) is 0 Å². The van der Waals surface area contributed by atoms with Crippen LogP contribution in [0.25, 0.3) is 0 Å². The van der Waals surface area contributed by atoms with Crippen LogP contribution in [0.3, 0.4) is 0 Å². The van der Waals surface area contributed by atoms with Crippen molar-refractivity contribution in [2.45, 2.75) is 32.2 Å². The summed E-state index contributed by atoms with van der Waals surface area (Å²) in [6, 6.07) is 5.24. The summed E-state index contributed by atoms with van der Waals surface area (Å²) in [4.78, 5) is 26.8. The number of carbonyl (C=O) groups excluding carboxylic acids is 1. The van der Waals surface area contributed by atoms with Crippen molar-refractivity contribution in [3.05, 3.63) is 24.4 Å². The number of carbonyl (C=O) groups is 2. The third kappa shape index (κ3) is 4.85. The maximum absolute atomic E-state index is 11.6. The Bertz CT molecular complexity index is 452. The van der Waals surface area contributed by atoms with Gasteiger partial charge in [-0.3, -0.25) is 25.8 Å². The van der Waals surface area contributed by atoms with Crippen molar-refractivity contribution in [3.8, 4) is 0 Å². The molecule has 0 saturated carbocycles. The third-order valence-electron chi connectivity index (χ3n) is 2.86. The zero-order chi connectivity index (χ0) is 15.0. The minimum absolute atomic E-state index is 0.0946.